The molecule has 8 nitrogen and oxygen atoms in total. The Morgan fingerprint density at radius 1 is 1.28 bits per heavy atom. The SMILES string of the molecule is CN(C)c1ncc2c(n1)C1(CCN(C(=O)CCn3ccccc3=O)CC1)OCC2. The zero-order chi connectivity index (χ0) is 20.4. The van der Waals surface area contributed by atoms with Crippen LogP contribution in [-0.2, 0) is 28.1 Å². The first-order valence-electron chi connectivity index (χ1n) is 10.1. The van der Waals surface area contributed by atoms with E-state index in [1.807, 2.05) is 30.1 Å². The minimum absolute atomic E-state index is 0.0725. The third-order valence-electron chi connectivity index (χ3n) is 5.82. The summed E-state index contributed by atoms with van der Waals surface area (Å²) in [5.74, 6) is 0.753. The number of hydrogen-bond donors (Lipinski definition) is 0. The molecular weight excluding hydrogens is 370 g/mol. The number of aromatic nitrogens is 3. The van der Waals surface area contributed by atoms with Crippen molar-refractivity contribution in [1.29, 1.82) is 0 Å². The van der Waals surface area contributed by atoms with E-state index in [4.69, 9.17) is 9.72 Å². The first-order chi connectivity index (χ1) is 14.0. The van der Waals surface area contributed by atoms with E-state index in [0.29, 0.717) is 38.6 Å². The monoisotopic (exact) mass is 397 g/mol. The van der Waals surface area contributed by atoms with Gasteiger partial charge in [0.2, 0.25) is 11.9 Å². The fraction of sp³-hybridized carbons (Fsp3) is 0.524. The molecule has 2 aromatic heterocycles. The summed E-state index contributed by atoms with van der Waals surface area (Å²) in [5, 5.41) is 0. The van der Waals surface area contributed by atoms with Gasteiger partial charge in [0.15, 0.2) is 0 Å². The van der Waals surface area contributed by atoms with E-state index < -0.39 is 5.60 Å². The summed E-state index contributed by atoms with van der Waals surface area (Å²) in [6, 6.07) is 5.02. The molecule has 4 heterocycles. The highest BCUT2D eigenvalue weighted by atomic mass is 16.5. The lowest BCUT2D eigenvalue weighted by Crippen LogP contribution is -2.49. The fourth-order valence-electron chi connectivity index (χ4n) is 4.13. The van der Waals surface area contributed by atoms with E-state index in [1.54, 1.807) is 22.9 Å². The van der Waals surface area contributed by atoms with Gasteiger partial charge >= 0.3 is 0 Å². The van der Waals surface area contributed by atoms with Gasteiger partial charge in [-0.3, -0.25) is 9.59 Å². The Balaban J connectivity index is 1.43. The van der Waals surface area contributed by atoms with Gasteiger partial charge in [-0.25, -0.2) is 9.97 Å². The Hall–Kier alpha value is -2.74. The Morgan fingerprint density at radius 3 is 2.79 bits per heavy atom. The molecule has 1 spiro atoms. The first-order valence-corrected chi connectivity index (χ1v) is 10.1. The molecule has 8 heteroatoms. The summed E-state index contributed by atoms with van der Waals surface area (Å²) in [6.45, 7) is 2.31. The highest BCUT2D eigenvalue weighted by Gasteiger charge is 2.43. The van der Waals surface area contributed by atoms with Crippen molar-refractivity contribution >= 4 is 11.9 Å². The van der Waals surface area contributed by atoms with E-state index >= 15 is 0 Å². The van der Waals surface area contributed by atoms with Gasteiger partial charge < -0.3 is 19.1 Å². The average molecular weight is 397 g/mol. The summed E-state index contributed by atoms with van der Waals surface area (Å²) in [5.41, 5.74) is 1.60. The fourth-order valence-corrected chi connectivity index (χ4v) is 4.13. The van der Waals surface area contributed by atoms with Crippen LogP contribution in [0.15, 0.2) is 35.4 Å². The van der Waals surface area contributed by atoms with Crippen molar-refractivity contribution in [1.82, 2.24) is 19.4 Å². The number of hydrogen-bond acceptors (Lipinski definition) is 6. The van der Waals surface area contributed by atoms with Crippen molar-refractivity contribution in [2.75, 3.05) is 38.7 Å². The Labute approximate surface area is 170 Å². The predicted molar refractivity (Wildman–Crippen MR) is 109 cm³/mol. The molecule has 4 rings (SSSR count). The summed E-state index contributed by atoms with van der Waals surface area (Å²) in [6.07, 6.45) is 6.22. The smallest absolute Gasteiger partial charge is 0.250 e. The molecule has 154 valence electrons. The third kappa shape index (κ3) is 3.89. The number of fused-ring (bicyclic) bond motifs is 2. The lowest BCUT2D eigenvalue weighted by atomic mass is 9.83. The molecule has 1 amide bonds. The molecule has 0 aromatic carbocycles. The standard InChI is InChI=1S/C21H27N5O3/c1-24(2)20-22-15-16-7-14-29-21(19(16)23-20)8-12-26(13-9-21)18(28)6-11-25-10-4-3-5-17(25)27/h3-5,10,15H,6-9,11-14H2,1-2H3. The summed E-state index contributed by atoms with van der Waals surface area (Å²) in [7, 11) is 3.86. The van der Waals surface area contributed by atoms with Crippen LogP contribution in [0.1, 0.15) is 30.5 Å². The van der Waals surface area contributed by atoms with Gasteiger partial charge in [0.1, 0.15) is 5.60 Å². The lowest BCUT2D eigenvalue weighted by molar-refractivity contribution is -0.141. The summed E-state index contributed by atoms with van der Waals surface area (Å²) < 4.78 is 7.82. The Bertz CT molecular complexity index is 947. The number of likely N-dealkylation sites (tertiary alicyclic amines) is 1. The number of amides is 1. The summed E-state index contributed by atoms with van der Waals surface area (Å²) >= 11 is 0. The average Bonchev–Trinajstić information content (AvgIpc) is 2.73. The van der Waals surface area contributed by atoms with Gasteiger partial charge in [-0.1, -0.05) is 6.07 Å². The quantitative estimate of drug-likeness (QED) is 0.771. The molecule has 1 fully saturated rings. The van der Waals surface area contributed by atoms with Crippen LogP contribution in [-0.4, -0.2) is 59.1 Å². The number of carbonyl (C=O) groups excluding carboxylic acids is 1. The van der Waals surface area contributed by atoms with Crippen LogP contribution >= 0.6 is 0 Å². The maximum atomic E-state index is 12.7. The van der Waals surface area contributed by atoms with Gasteiger partial charge in [0.25, 0.3) is 5.56 Å². The van der Waals surface area contributed by atoms with Crippen molar-refractivity contribution in [3.05, 3.63) is 52.2 Å². The minimum Gasteiger partial charge on any atom is -0.368 e. The Morgan fingerprint density at radius 2 is 2.07 bits per heavy atom. The van der Waals surface area contributed by atoms with Crippen molar-refractivity contribution < 1.29 is 9.53 Å². The Kier molecular flexibility index (Phi) is 5.36. The topological polar surface area (TPSA) is 80.6 Å². The number of rotatable bonds is 4. The third-order valence-corrected chi connectivity index (χ3v) is 5.82. The largest absolute Gasteiger partial charge is 0.368 e. The van der Waals surface area contributed by atoms with Gasteiger partial charge in [0.05, 0.1) is 12.3 Å². The molecule has 0 N–H and O–H groups in total. The number of pyridine rings is 1. The molecule has 0 aliphatic carbocycles. The van der Waals surface area contributed by atoms with Crippen molar-refractivity contribution in [3.63, 3.8) is 0 Å². The zero-order valence-electron chi connectivity index (χ0n) is 17.0. The number of carbonyl (C=O) groups is 1. The van der Waals surface area contributed by atoms with Crippen LogP contribution in [0.25, 0.3) is 0 Å². The molecule has 0 radical (unpaired) electrons. The maximum absolute atomic E-state index is 12.7. The van der Waals surface area contributed by atoms with Gasteiger partial charge in [-0.2, -0.15) is 0 Å². The second kappa shape index (κ2) is 7.94. The van der Waals surface area contributed by atoms with Gasteiger partial charge in [0, 0.05) is 58.6 Å². The normalized spacial score (nSPS) is 17.8. The number of piperidine rings is 1. The predicted octanol–water partition coefficient (Wildman–Crippen LogP) is 1.18. The van der Waals surface area contributed by atoms with Crippen molar-refractivity contribution in [2.24, 2.45) is 0 Å². The molecular formula is C21H27N5O3. The van der Waals surface area contributed by atoms with Crippen LogP contribution in [0, 0.1) is 0 Å². The zero-order valence-corrected chi connectivity index (χ0v) is 17.0. The van der Waals surface area contributed by atoms with E-state index in [1.165, 1.54) is 6.07 Å². The molecule has 0 unspecified atom stereocenters. The van der Waals surface area contributed by atoms with Crippen molar-refractivity contribution in [2.45, 2.75) is 37.8 Å². The number of aryl methyl sites for hydroxylation is 1. The van der Waals surface area contributed by atoms with Crippen LogP contribution in [0.4, 0.5) is 5.95 Å². The van der Waals surface area contributed by atoms with Crippen LogP contribution in [0.2, 0.25) is 0 Å². The number of nitrogens with zero attached hydrogens (tertiary/aromatic N) is 5. The number of anilines is 1. The van der Waals surface area contributed by atoms with Crippen LogP contribution < -0.4 is 10.5 Å². The molecule has 2 aliphatic rings. The van der Waals surface area contributed by atoms with Gasteiger partial charge in [-0.15, -0.1) is 0 Å². The molecule has 0 atom stereocenters. The first kappa shape index (κ1) is 19.6. The van der Waals surface area contributed by atoms with E-state index in [9.17, 15) is 9.59 Å². The van der Waals surface area contributed by atoms with Crippen LogP contribution in [0.5, 0.6) is 0 Å². The maximum Gasteiger partial charge on any atom is 0.250 e. The van der Waals surface area contributed by atoms with Crippen molar-refractivity contribution in [3.8, 4) is 0 Å². The molecule has 2 aromatic rings. The summed E-state index contributed by atoms with van der Waals surface area (Å²) in [4.78, 5) is 37.5. The highest BCUT2D eigenvalue weighted by molar-refractivity contribution is 5.76. The molecule has 0 bridgehead atoms. The van der Waals surface area contributed by atoms with E-state index in [2.05, 4.69) is 4.98 Å². The molecule has 0 saturated carbocycles. The second-order valence-electron chi connectivity index (χ2n) is 7.89. The molecule has 29 heavy (non-hydrogen) atoms. The van der Waals surface area contributed by atoms with Gasteiger partial charge in [-0.05, 0) is 30.9 Å². The number of ether oxygens (including phenoxy) is 1. The molecule has 2 aliphatic heterocycles. The van der Waals surface area contributed by atoms with E-state index in [0.717, 1.165) is 30.5 Å². The van der Waals surface area contributed by atoms with E-state index in [-0.39, 0.29) is 11.5 Å². The highest BCUT2D eigenvalue weighted by Crippen LogP contribution is 2.40. The van der Waals surface area contributed by atoms with Crippen LogP contribution in [0.3, 0.4) is 0 Å². The lowest BCUT2D eigenvalue weighted by Gasteiger charge is -2.44. The molecule has 1 saturated heterocycles. The second-order valence-corrected chi connectivity index (χ2v) is 7.89. The minimum atomic E-state index is -0.436.